The van der Waals surface area contributed by atoms with Gasteiger partial charge in [-0.25, -0.2) is 0 Å². The summed E-state index contributed by atoms with van der Waals surface area (Å²) in [5.74, 6) is 0.193. The topological polar surface area (TPSA) is 80.8 Å². The Bertz CT molecular complexity index is 1020. The summed E-state index contributed by atoms with van der Waals surface area (Å²) in [6.07, 6.45) is 3.05. The second-order valence-corrected chi connectivity index (χ2v) is 9.29. The van der Waals surface area contributed by atoms with Gasteiger partial charge in [-0.2, -0.15) is 8.42 Å². The van der Waals surface area contributed by atoms with Crippen molar-refractivity contribution in [3.8, 4) is 5.75 Å². The first-order valence-electron chi connectivity index (χ1n) is 9.43. The van der Waals surface area contributed by atoms with E-state index in [0.29, 0.717) is 17.5 Å². The molecule has 144 valence electrons. The van der Waals surface area contributed by atoms with Gasteiger partial charge in [0.05, 0.1) is 17.5 Å². The van der Waals surface area contributed by atoms with Crippen molar-refractivity contribution in [2.45, 2.75) is 24.2 Å². The third-order valence-electron chi connectivity index (χ3n) is 6.26. The molecule has 0 spiro atoms. The van der Waals surface area contributed by atoms with Crippen molar-refractivity contribution in [3.63, 3.8) is 0 Å². The first kappa shape index (κ1) is 17.4. The molecule has 1 aliphatic heterocycles. The van der Waals surface area contributed by atoms with Gasteiger partial charge in [0.1, 0.15) is 10.6 Å². The number of imide groups is 1. The van der Waals surface area contributed by atoms with E-state index in [-0.39, 0.29) is 34.3 Å². The van der Waals surface area contributed by atoms with Crippen LogP contribution in [0, 0.1) is 23.7 Å². The highest BCUT2D eigenvalue weighted by atomic mass is 32.2. The molecule has 2 aromatic rings. The molecule has 28 heavy (non-hydrogen) atoms. The van der Waals surface area contributed by atoms with Gasteiger partial charge < -0.3 is 4.18 Å². The van der Waals surface area contributed by atoms with Crippen LogP contribution in [0.25, 0.3) is 0 Å². The lowest BCUT2D eigenvalue weighted by Crippen LogP contribution is -2.32. The van der Waals surface area contributed by atoms with Crippen LogP contribution in [0.1, 0.15) is 19.3 Å². The van der Waals surface area contributed by atoms with E-state index in [1.165, 1.54) is 29.2 Å². The number of anilines is 1. The lowest BCUT2D eigenvalue weighted by Gasteiger charge is -2.19. The highest BCUT2D eigenvalue weighted by Gasteiger charge is 2.61. The molecular weight excluding hydrogens is 378 g/mol. The summed E-state index contributed by atoms with van der Waals surface area (Å²) in [4.78, 5) is 27.1. The predicted octanol–water partition coefficient (Wildman–Crippen LogP) is 2.99. The Balaban J connectivity index is 1.37. The number of benzene rings is 2. The lowest BCUT2D eigenvalue weighted by molar-refractivity contribution is -0.123. The molecule has 1 heterocycles. The molecule has 2 aliphatic carbocycles. The van der Waals surface area contributed by atoms with E-state index >= 15 is 0 Å². The quantitative estimate of drug-likeness (QED) is 0.585. The molecule has 0 unspecified atom stereocenters. The summed E-state index contributed by atoms with van der Waals surface area (Å²) in [6, 6.07) is 13.9. The van der Waals surface area contributed by atoms with E-state index in [1.54, 1.807) is 30.3 Å². The van der Waals surface area contributed by atoms with Gasteiger partial charge in [-0.05, 0) is 67.5 Å². The van der Waals surface area contributed by atoms with Crippen LogP contribution in [0.15, 0.2) is 59.5 Å². The predicted molar refractivity (Wildman–Crippen MR) is 101 cm³/mol. The Morgan fingerprint density at radius 1 is 0.821 bits per heavy atom. The average Bonchev–Trinajstić information content (AvgIpc) is 3.37. The fourth-order valence-electron chi connectivity index (χ4n) is 5.08. The van der Waals surface area contributed by atoms with Crippen LogP contribution < -0.4 is 9.08 Å². The maximum Gasteiger partial charge on any atom is 0.339 e. The third-order valence-corrected chi connectivity index (χ3v) is 7.52. The van der Waals surface area contributed by atoms with Crippen LogP contribution in [0.4, 0.5) is 5.69 Å². The lowest BCUT2D eigenvalue weighted by atomic mass is 9.81. The molecule has 2 amide bonds. The van der Waals surface area contributed by atoms with Gasteiger partial charge in [-0.1, -0.05) is 18.2 Å². The zero-order chi connectivity index (χ0) is 19.5. The summed E-state index contributed by atoms with van der Waals surface area (Å²) in [5, 5.41) is 0. The van der Waals surface area contributed by atoms with E-state index in [4.69, 9.17) is 4.18 Å². The van der Waals surface area contributed by atoms with Crippen LogP contribution in [0.2, 0.25) is 0 Å². The molecule has 5 rings (SSSR count). The van der Waals surface area contributed by atoms with Crippen molar-refractivity contribution in [2.24, 2.45) is 23.7 Å². The Kier molecular flexibility index (Phi) is 3.84. The molecule has 0 N–H and O–H groups in total. The average molecular weight is 397 g/mol. The number of rotatable bonds is 4. The molecule has 0 aromatic heterocycles. The molecule has 6 nitrogen and oxygen atoms in total. The van der Waals surface area contributed by atoms with E-state index in [9.17, 15) is 18.0 Å². The molecule has 4 atom stereocenters. The minimum absolute atomic E-state index is 0.0623. The number of nitrogens with zero attached hydrogens (tertiary/aromatic N) is 1. The second kappa shape index (κ2) is 6.17. The van der Waals surface area contributed by atoms with Crippen LogP contribution in [0.5, 0.6) is 5.75 Å². The zero-order valence-corrected chi connectivity index (χ0v) is 15.8. The van der Waals surface area contributed by atoms with Crippen LogP contribution in [-0.4, -0.2) is 20.2 Å². The number of amides is 2. The van der Waals surface area contributed by atoms with Gasteiger partial charge in [0.15, 0.2) is 0 Å². The Morgan fingerprint density at radius 3 is 1.96 bits per heavy atom. The monoisotopic (exact) mass is 397 g/mol. The standard InChI is InChI=1S/C21H19NO5S/c23-20-18-13-6-7-14(12-13)19(18)21(24)22(20)15-8-10-16(11-9-15)27-28(25,26)17-4-2-1-3-5-17/h1-5,8-11,13-14,18-19H,6-7,12H2/t13-,14-,18+,19+/m0/s1. The summed E-state index contributed by atoms with van der Waals surface area (Å²) >= 11 is 0. The van der Waals surface area contributed by atoms with Gasteiger partial charge in [-0.15, -0.1) is 0 Å². The van der Waals surface area contributed by atoms with Crippen molar-refractivity contribution in [3.05, 3.63) is 54.6 Å². The maximum absolute atomic E-state index is 12.9. The number of carbonyl (C=O) groups is 2. The van der Waals surface area contributed by atoms with Crippen molar-refractivity contribution in [2.75, 3.05) is 4.90 Å². The fourth-order valence-corrected chi connectivity index (χ4v) is 6.03. The molecule has 2 bridgehead atoms. The molecule has 1 saturated heterocycles. The number of carbonyl (C=O) groups excluding carboxylic acids is 2. The minimum atomic E-state index is -3.93. The van der Waals surface area contributed by atoms with E-state index < -0.39 is 10.1 Å². The van der Waals surface area contributed by atoms with E-state index in [2.05, 4.69) is 0 Å². The van der Waals surface area contributed by atoms with Crippen molar-refractivity contribution in [1.29, 1.82) is 0 Å². The smallest absolute Gasteiger partial charge is 0.339 e. The van der Waals surface area contributed by atoms with Crippen LogP contribution in [-0.2, 0) is 19.7 Å². The fraction of sp³-hybridized carbons (Fsp3) is 0.333. The largest absolute Gasteiger partial charge is 0.379 e. The zero-order valence-electron chi connectivity index (χ0n) is 15.0. The van der Waals surface area contributed by atoms with Gasteiger partial charge in [-0.3, -0.25) is 14.5 Å². The Morgan fingerprint density at radius 2 is 1.39 bits per heavy atom. The Labute approximate surface area is 163 Å². The highest BCUT2D eigenvalue weighted by molar-refractivity contribution is 7.87. The molecule has 2 saturated carbocycles. The highest BCUT2D eigenvalue weighted by Crippen LogP contribution is 2.56. The third kappa shape index (κ3) is 2.57. The first-order valence-corrected chi connectivity index (χ1v) is 10.8. The van der Waals surface area contributed by atoms with Crippen LogP contribution in [0.3, 0.4) is 0 Å². The van der Waals surface area contributed by atoms with E-state index in [1.807, 2.05) is 0 Å². The first-order chi connectivity index (χ1) is 13.5. The normalized spacial score (nSPS) is 28.6. The summed E-state index contributed by atoms with van der Waals surface area (Å²) in [7, 11) is -3.93. The maximum atomic E-state index is 12.9. The number of fused-ring (bicyclic) bond motifs is 5. The molecule has 2 aromatic carbocycles. The van der Waals surface area contributed by atoms with E-state index in [0.717, 1.165) is 19.3 Å². The Hall–Kier alpha value is -2.67. The molecule has 7 heteroatoms. The molecule has 0 radical (unpaired) electrons. The number of hydrogen-bond acceptors (Lipinski definition) is 5. The van der Waals surface area contributed by atoms with Gasteiger partial charge in [0.2, 0.25) is 11.8 Å². The summed E-state index contributed by atoms with van der Waals surface area (Å²) in [5.41, 5.74) is 0.466. The van der Waals surface area contributed by atoms with Gasteiger partial charge in [0, 0.05) is 0 Å². The van der Waals surface area contributed by atoms with Gasteiger partial charge in [0.25, 0.3) is 0 Å². The molecule has 3 fully saturated rings. The molecule has 3 aliphatic rings. The van der Waals surface area contributed by atoms with Gasteiger partial charge >= 0.3 is 10.1 Å². The summed E-state index contributed by atoms with van der Waals surface area (Å²) < 4.78 is 29.8. The van der Waals surface area contributed by atoms with Crippen LogP contribution >= 0.6 is 0 Å². The second-order valence-electron chi connectivity index (χ2n) is 7.74. The summed E-state index contributed by atoms with van der Waals surface area (Å²) in [6.45, 7) is 0. The SMILES string of the molecule is O=C1[C@@H]2[C@H]3CC[C@@H](C3)[C@H]2C(=O)N1c1ccc(OS(=O)(=O)c2ccccc2)cc1. The number of hydrogen-bond donors (Lipinski definition) is 0. The van der Waals surface area contributed by atoms with Crippen molar-refractivity contribution >= 4 is 27.6 Å². The van der Waals surface area contributed by atoms with Crippen molar-refractivity contribution in [1.82, 2.24) is 0 Å². The minimum Gasteiger partial charge on any atom is -0.379 e. The van der Waals surface area contributed by atoms with Crippen molar-refractivity contribution < 1.29 is 22.2 Å². The molecular formula is C21H19NO5S.